The second kappa shape index (κ2) is 16.1. The van der Waals surface area contributed by atoms with Gasteiger partial charge in [-0.25, -0.2) is 4.99 Å². The highest BCUT2D eigenvalue weighted by Crippen LogP contribution is 2.22. The Balaban J connectivity index is 1.89. The summed E-state index contributed by atoms with van der Waals surface area (Å²) in [7, 11) is 1.99. The molecular weight excluding hydrogens is 530 g/mol. The topological polar surface area (TPSA) is 67.9 Å². The Morgan fingerprint density at radius 1 is 1.20 bits per heavy atom. The van der Waals surface area contributed by atoms with Gasteiger partial charge in [0.05, 0.1) is 5.69 Å². The molecule has 0 aromatic heterocycles. The third-order valence-corrected chi connectivity index (χ3v) is 6.64. The number of ether oxygens (including phenoxy) is 1. The van der Waals surface area contributed by atoms with Crippen molar-refractivity contribution in [3.63, 3.8) is 0 Å². The van der Waals surface area contributed by atoms with Gasteiger partial charge in [0.25, 0.3) is 0 Å². The third-order valence-electron chi connectivity index (χ3n) is 6.41. The van der Waals surface area contributed by atoms with Crippen LogP contribution in [0.4, 0.5) is 5.69 Å². The highest BCUT2D eigenvalue weighted by atomic mass is 35.5. The van der Waals surface area contributed by atoms with Crippen LogP contribution in [-0.4, -0.2) is 30.3 Å². The number of unbranched alkanes of at least 4 members (excludes halogenated alkanes) is 1. The summed E-state index contributed by atoms with van der Waals surface area (Å²) < 4.78 is 6.18. The maximum absolute atomic E-state index is 11.6. The van der Waals surface area contributed by atoms with Crippen LogP contribution in [0.2, 0.25) is 5.02 Å². The molecule has 0 atom stereocenters. The maximum atomic E-state index is 11.6. The first-order valence-electron chi connectivity index (χ1n) is 13.8. The lowest BCUT2D eigenvalue weighted by molar-refractivity contribution is -0.114. The molecular formula is C35H38ClN3O2. The summed E-state index contributed by atoms with van der Waals surface area (Å²) in [5, 5.41) is 0.695. The first-order chi connectivity index (χ1) is 19.8. The van der Waals surface area contributed by atoms with Crippen molar-refractivity contribution in [2.45, 2.75) is 46.6 Å². The van der Waals surface area contributed by atoms with E-state index in [1.54, 1.807) is 18.2 Å². The molecule has 6 heteroatoms. The number of carbonyl (C=O) groups excluding carboxylic acids is 1. The van der Waals surface area contributed by atoms with Gasteiger partial charge in [0, 0.05) is 37.0 Å². The van der Waals surface area contributed by atoms with Crippen LogP contribution in [-0.2, 0) is 16.1 Å². The summed E-state index contributed by atoms with van der Waals surface area (Å²) >= 11 is 6.29. The van der Waals surface area contributed by atoms with Crippen molar-refractivity contribution in [1.29, 1.82) is 0 Å². The van der Waals surface area contributed by atoms with Crippen molar-refractivity contribution in [2.75, 3.05) is 13.7 Å². The van der Waals surface area contributed by atoms with Crippen LogP contribution in [0.3, 0.4) is 0 Å². The van der Waals surface area contributed by atoms with Gasteiger partial charge in [-0.05, 0) is 85.0 Å². The second-order valence-electron chi connectivity index (χ2n) is 9.69. The van der Waals surface area contributed by atoms with Crippen LogP contribution in [0.25, 0.3) is 5.57 Å². The smallest absolute Gasteiger partial charge is 0.248 e. The van der Waals surface area contributed by atoms with E-state index in [0.717, 1.165) is 52.4 Å². The minimum atomic E-state index is -0.471. The Labute approximate surface area is 249 Å². The normalized spacial score (nSPS) is 13.7. The molecule has 5 nitrogen and oxygen atoms in total. The summed E-state index contributed by atoms with van der Waals surface area (Å²) in [6.45, 7) is 7.05. The van der Waals surface area contributed by atoms with E-state index in [9.17, 15) is 4.79 Å². The zero-order chi connectivity index (χ0) is 29.6. The lowest BCUT2D eigenvalue weighted by atomic mass is 10.0. The Hall–Kier alpha value is -4.27. The van der Waals surface area contributed by atoms with Gasteiger partial charge in [0.2, 0.25) is 5.91 Å². The maximum Gasteiger partial charge on any atom is 0.248 e. The van der Waals surface area contributed by atoms with Gasteiger partial charge >= 0.3 is 0 Å². The molecule has 41 heavy (non-hydrogen) atoms. The van der Waals surface area contributed by atoms with Crippen molar-refractivity contribution < 1.29 is 9.53 Å². The van der Waals surface area contributed by atoms with Crippen molar-refractivity contribution in [2.24, 2.45) is 10.7 Å². The minimum Gasteiger partial charge on any atom is -0.490 e. The SMILES string of the molecule is C/C=C\C(=C/C#CCCC)c1ccc(N=C(COC2=CC=C(C(N)=O)C=CC2)N(C)Cc2cc(Cl)ccc2C)cc1. The van der Waals surface area contributed by atoms with Crippen LogP contribution in [0.1, 0.15) is 49.8 Å². The van der Waals surface area contributed by atoms with Crippen molar-refractivity contribution in [1.82, 2.24) is 4.90 Å². The van der Waals surface area contributed by atoms with E-state index in [0.29, 0.717) is 23.6 Å². The van der Waals surface area contributed by atoms with Gasteiger partial charge in [-0.15, -0.1) is 0 Å². The average Bonchev–Trinajstić information content (AvgIpc) is 3.21. The first kappa shape index (κ1) is 31.3. The number of hydrogen-bond acceptors (Lipinski definition) is 3. The van der Waals surface area contributed by atoms with Crippen LogP contribution < -0.4 is 5.73 Å². The number of nitrogens with zero attached hydrogens (tertiary/aromatic N) is 2. The van der Waals surface area contributed by atoms with E-state index < -0.39 is 5.91 Å². The zero-order valence-electron chi connectivity index (χ0n) is 24.3. The molecule has 1 aliphatic rings. The molecule has 1 aliphatic carbocycles. The number of aryl methyl sites for hydroxylation is 1. The van der Waals surface area contributed by atoms with Gasteiger partial charge in [-0.1, -0.05) is 72.9 Å². The Morgan fingerprint density at radius 3 is 2.68 bits per heavy atom. The van der Waals surface area contributed by atoms with Crippen LogP contribution in [0, 0.1) is 18.8 Å². The van der Waals surface area contributed by atoms with E-state index in [4.69, 9.17) is 27.1 Å². The standard InChI is InChI=1S/C35H38ClN3O2/c1-5-7-8-9-12-27(11-6-2)28-16-20-32(21-17-28)38-34(39(4)24-30-23-31(36)19-15-26(30)3)25-41-33-14-10-13-29(18-22-33)35(37)40/h6,10-13,15-23H,5,7,14,24-25H2,1-4H3,(H2,37,40)/b11-6-,27-12+,38-34?. The molecule has 212 valence electrons. The molecule has 0 heterocycles. The van der Waals surface area contributed by atoms with Gasteiger partial charge in [-0.3, -0.25) is 4.79 Å². The molecule has 3 rings (SSSR count). The quantitative estimate of drug-likeness (QED) is 0.138. The molecule has 2 N–H and O–H groups in total. The zero-order valence-corrected chi connectivity index (χ0v) is 25.0. The molecule has 0 radical (unpaired) electrons. The predicted octanol–water partition coefficient (Wildman–Crippen LogP) is 7.85. The van der Waals surface area contributed by atoms with Crippen molar-refractivity contribution in [3.05, 3.63) is 118 Å². The second-order valence-corrected chi connectivity index (χ2v) is 10.1. The number of allylic oxidation sites excluding steroid dienone is 7. The van der Waals surface area contributed by atoms with Gasteiger partial charge < -0.3 is 15.4 Å². The Morgan fingerprint density at radius 2 is 1.98 bits per heavy atom. The number of amides is 1. The number of benzene rings is 2. The molecule has 1 amide bonds. The Bertz CT molecular complexity index is 1460. The first-order valence-corrected chi connectivity index (χ1v) is 14.1. The number of hydrogen-bond donors (Lipinski definition) is 1. The summed E-state index contributed by atoms with van der Waals surface area (Å²) in [5.74, 6) is 7.34. The van der Waals surface area contributed by atoms with Crippen LogP contribution >= 0.6 is 11.6 Å². The largest absolute Gasteiger partial charge is 0.490 e. The highest BCUT2D eigenvalue weighted by molar-refractivity contribution is 6.30. The highest BCUT2D eigenvalue weighted by Gasteiger charge is 2.13. The molecule has 0 aliphatic heterocycles. The molecule has 0 spiro atoms. The summed E-state index contributed by atoms with van der Waals surface area (Å²) in [6, 6.07) is 14.0. The number of rotatable bonds is 10. The fourth-order valence-corrected chi connectivity index (χ4v) is 4.23. The van der Waals surface area contributed by atoms with E-state index in [1.807, 2.05) is 62.5 Å². The molecule has 0 saturated carbocycles. The fraction of sp³-hybridized carbons (Fsp3) is 0.257. The molecule has 0 bridgehead atoms. The molecule has 0 fully saturated rings. The summed E-state index contributed by atoms with van der Waals surface area (Å²) in [6.07, 6.45) is 15.6. The minimum absolute atomic E-state index is 0.244. The van der Waals surface area contributed by atoms with E-state index in [-0.39, 0.29) is 6.61 Å². The van der Waals surface area contributed by atoms with Crippen molar-refractivity contribution >= 4 is 34.6 Å². The van der Waals surface area contributed by atoms with Gasteiger partial charge in [0.15, 0.2) is 0 Å². The molecule has 0 unspecified atom stereocenters. The Kier molecular flexibility index (Phi) is 12.3. The van der Waals surface area contributed by atoms with Gasteiger partial charge in [-0.2, -0.15) is 0 Å². The number of likely N-dealkylation sites (N-methyl/N-ethyl adjacent to an activating group) is 1. The van der Waals surface area contributed by atoms with Crippen molar-refractivity contribution in [3.8, 4) is 11.8 Å². The molecule has 2 aromatic rings. The predicted molar refractivity (Wildman–Crippen MR) is 172 cm³/mol. The number of aliphatic imine (C=N–C) groups is 1. The molecule has 2 aromatic carbocycles. The molecule has 0 saturated heterocycles. The number of nitrogens with two attached hydrogens (primary N) is 1. The summed E-state index contributed by atoms with van der Waals surface area (Å²) in [4.78, 5) is 18.6. The van der Waals surface area contributed by atoms with Gasteiger partial charge in [0.1, 0.15) is 18.2 Å². The number of carbonyl (C=O) groups is 1. The van der Waals surface area contributed by atoms with Crippen LogP contribution in [0.5, 0.6) is 0 Å². The number of amidine groups is 1. The lowest BCUT2D eigenvalue weighted by Gasteiger charge is -2.23. The van der Waals surface area contributed by atoms with E-state index >= 15 is 0 Å². The third kappa shape index (κ3) is 10.0. The lowest BCUT2D eigenvalue weighted by Crippen LogP contribution is -2.30. The van der Waals surface area contributed by atoms with E-state index in [2.05, 4.69) is 48.8 Å². The van der Waals surface area contributed by atoms with E-state index in [1.165, 1.54) is 0 Å². The average molecular weight is 568 g/mol. The number of primary amides is 1. The fourth-order valence-electron chi connectivity index (χ4n) is 4.03. The monoisotopic (exact) mass is 567 g/mol. The van der Waals surface area contributed by atoms with Crippen LogP contribution in [0.15, 0.2) is 101 Å². The number of halogens is 1. The summed E-state index contributed by atoms with van der Waals surface area (Å²) in [5.41, 5.74) is 11.1.